The lowest BCUT2D eigenvalue weighted by Gasteiger charge is -2.33. The lowest BCUT2D eigenvalue weighted by molar-refractivity contribution is 0.0602. The first-order chi connectivity index (χ1) is 13.6. The van der Waals surface area contributed by atoms with Gasteiger partial charge in [-0.1, -0.05) is 6.07 Å². The molecule has 0 spiro atoms. The smallest absolute Gasteiger partial charge is 0.272 e. The molecule has 0 saturated carbocycles. The van der Waals surface area contributed by atoms with E-state index in [-0.39, 0.29) is 11.8 Å². The molecule has 1 aliphatic rings. The SMILES string of the molecule is COCCOCc1cnc(C)nc1C1CCCN(C(=O)c2ncccc2C)C1. The second-order valence-corrected chi connectivity index (χ2v) is 7.13. The number of pyridine rings is 1. The van der Waals surface area contributed by atoms with E-state index in [9.17, 15) is 4.79 Å². The Hall–Kier alpha value is -2.38. The number of hydrogen-bond donors (Lipinski definition) is 0. The van der Waals surface area contributed by atoms with Gasteiger partial charge in [-0.25, -0.2) is 9.97 Å². The second-order valence-electron chi connectivity index (χ2n) is 7.13. The minimum absolute atomic E-state index is 0.00790. The number of carbonyl (C=O) groups is 1. The van der Waals surface area contributed by atoms with Gasteiger partial charge in [0.1, 0.15) is 11.5 Å². The predicted molar refractivity (Wildman–Crippen MR) is 105 cm³/mol. The molecule has 0 radical (unpaired) electrons. The fourth-order valence-corrected chi connectivity index (χ4v) is 3.55. The number of aryl methyl sites for hydroxylation is 2. The van der Waals surface area contributed by atoms with Crippen LogP contribution in [0.5, 0.6) is 0 Å². The Morgan fingerprint density at radius 1 is 1.29 bits per heavy atom. The predicted octanol–water partition coefficient (Wildman–Crippen LogP) is 2.67. The standard InChI is InChI=1S/C21H28N4O3/c1-15-6-4-8-22-19(15)21(26)25-9-5-7-17(13-25)20-18(12-23-16(2)24-20)14-28-11-10-27-3/h4,6,8,12,17H,5,7,9-11,13-14H2,1-3H3. The van der Waals surface area contributed by atoms with Gasteiger partial charge in [0.2, 0.25) is 0 Å². The van der Waals surface area contributed by atoms with E-state index in [1.807, 2.05) is 37.1 Å². The Labute approximate surface area is 166 Å². The summed E-state index contributed by atoms with van der Waals surface area (Å²) in [6.45, 7) is 6.72. The molecule has 7 heteroatoms. The fourth-order valence-electron chi connectivity index (χ4n) is 3.55. The Morgan fingerprint density at radius 3 is 2.93 bits per heavy atom. The van der Waals surface area contributed by atoms with E-state index >= 15 is 0 Å². The summed E-state index contributed by atoms with van der Waals surface area (Å²) in [5.41, 5.74) is 3.40. The van der Waals surface area contributed by atoms with Crippen molar-refractivity contribution in [2.45, 2.75) is 39.2 Å². The van der Waals surface area contributed by atoms with E-state index < -0.39 is 0 Å². The van der Waals surface area contributed by atoms with Crippen LogP contribution in [-0.4, -0.2) is 59.2 Å². The maximum absolute atomic E-state index is 13.0. The van der Waals surface area contributed by atoms with E-state index in [1.54, 1.807) is 13.3 Å². The number of nitrogens with zero attached hydrogens (tertiary/aromatic N) is 4. The lowest BCUT2D eigenvalue weighted by atomic mass is 9.91. The quantitative estimate of drug-likeness (QED) is 0.683. The van der Waals surface area contributed by atoms with Gasteiger partial charge in [-0.15, -0.1) is 0 Å². The van der Waals surface area contributed by atoms with Gasteiger partial charge in [0, 0.05) is 44.1 Å². The van der Waals surface area contributed by atoms with E-state index in [1.165, 1.54) is 0 Å². The third kappa shape index (κ3) is 4.91. The van der Waals surface area contributed by atoms with Crippen LogP contribution in [-0.2, 0) is 16.1 Å². The fraction of sp³-hybridized carbons (Fsp3) is 0.524. The normalized spacial score (nSPS) is 17.0. The van der Waals surface area contributed by atoms with Crippen molar-refractivity contribution in [1.29, 1.82) is 0 Å². The third-order valence-corrected chi connectivity index (χ3v) is 5.02. The summed E-state index contributed by atoms with van der Waals surface area (Å²) < 4.78 is 10.7. The Balaban J connectivity index is 1.75. The summed E-state index contributed by atoms with van der Waals surface area (Å²) >= 11 is 0. The van der Waals surface area contributed by atoms with Crippen molar-refractivity contribution in [1.82, 2.24) is 19.9 Å². The van der Waals surface area contributed by atoms with Crippen LogP contribution in [0.4, 0.5) is 0 Å². The average Bonchev–Trinajstić information content (AvgIpc) is 2.72. The summed E-state index contributed by atoms with van der Waals surface area (Å²) in [6, 6.07) is 3.77. The molecule has 1 saturated heterocycles. The number of piperidine rings is 1. The number of methoxy groups -OCH3 is 1. The molecule has 1 amide bonds. The molecule has 1 fully saturated rings. The van der Waals surface area contributed by atoms with Crippen LogP contribution < -0.4 is 0 Å². The zero-order valence-electron chi connectivity index (χ0n) is 16.9. The van der Waals surface area contributed by atoms with E-state index in [4.69, 9.17) is 14.5 Å². The number of amides is 1. The first kappa shape index (κ1) is 20.4. The first-order valence-corrected chi connectivity index (χ1v) is 9.70. The van der Waals surface area contributed by atoms with Crippen molar-refractivity contribution >= 4 is 5.91 Å². The molecule has 2 aromatic rings. The molecule has 3 heterocycles. The largest absolute Gasteiger partial charge is 0.382 e. The van der Waals surface area contributed by atoms with Crippen LogP contribution in [0.3, 0.4) is 0 Å². The molecule has 7 nitrogen and oxygen atoms in total. The first-order valence-electron chi connectivity index (χ1n) is 9.70. The molecule has 1 aliphatic heterocycles. The Morgan fingerprint density at radius 2 is 2.14 bits per heavy atom. The molecule has 0 aromatic carbocycles. The number of ether oxygens (including phenoxy) is 2. The number of aromatic nitrogens is 3. The van der Waals surface area contributed by atoms with Gasteiger partial charge in [0.15, 0.2) is 0 Å². The number of rotatable bonds is 7. The molecule has 1 unspecified atom stereocenters. The molecule has 28 heavy (non-hydrogen) atoms. The maximum atomic E-state index is 13.0. The third-order valence-electron chi connectivity index (χ3n) is 5.02. The van der Waals surface area contributed by atoms with Crippen LogP contribution in [0.2, 0.25) is 0 Å². The highest BCUT2D eigenvalue weighted by atomic mass is 16.5. The van der Waals surface area contributed by atoms with E-state index in [2.05, 4.69) is 9.97 Å². The summed E-state index contributed by atoms with van der Waals surface area (Å²) in [4.78, 5) is 28.2. The lowest BCUT2D eigenvalue weighted by Crippen LogP contribution is -2.40. The molecule has 0 bridgehead atoms. The van der Waals surface area contributed by atoms with Gasteiger partial charge >= 0.3 is 0 Å². The maximum Gasteiger partial charge on any atom is 0.272 e. The molecule has 1 atom stereocenters. The van der Waals surface area contributed by atoms with Crippen molar-refractivity contribution < 1.29 is 14.3 Å². The van der Waals surface area contributed by atoms with Gasteiger partial charge in [-0.3, -0.25) is 9.78 Å². The average molecular weight is 384 g/mol. The molecular weight excluding hydrogens is 356 g/mol. The minimum Gasteiger partial charge on any atom is -0.382 e. The van der Waals surface area contributed by atoms with Crippen LogP contribution in [0, 0.1) is 13.8 Å². The number of carbonyl (C=O) groups excluding carboxylic acids is 1. The molecule has 0 N–H and O–H groups in total. The molecule has 0 aliphatic carbocycles. The number of hydrogen-bond acceptors (Lipinski definition) is 6. The topological polar surface area (TPSA) is 77.4 Å². The highest BCUT2D eigenvalue weighted by Crippen LogP contribution is 2.29. The highest BCUT2D eigenvalue weighted by molar-refractivity contribution is 5.93. The molecule has 3 rings (SSSR count). The molecule has 150 valence electrons. The van der Waals surface area contributed by atoms with Gasteiger partial charge in [0.25, 0.3) is 5.91 Å². The van der Waals surface area contributed by atoms with Crippen molar-refractivity contribution in [2.75, 3.05) is 33.4 Å². The van der Waals surface area contributed by atoms with Crippen molar-refractivity contribution in [3.8, 4) is 0 Å². The highest BCUT2D eigenvalue weighted by Gasteiger charge is 2.29. The second kappa shape index (κ2) is 9.71. The van der Waals surface area contributed by atoms with Crippen LogP contribution >= 0.6 is 0 Å². The zero-order chi connectivity index (χ0) is 19.9. The molecular formula is C21H28N4O3. The summed E-state index contributed by atoms with van der Waals surface area (Å²) in [5.74, 6) is 0.899. The monoisotopic (exact) mass is 384 g/mol. The van der Waals surface area contributed by atoms with Crippen LogP contribution in [0.15, 0.2) is 24.5 Å². The summed E-state index contributed by atoms with van der Waals surface area (Å²) in [5, 5.41) is 0. The molecule has 2 aromatic heterocycles. The van der Waals surface area contributed by atoms with Gasteiger partial charge < -0.3 is 14.4 Å². The number of likely N-dealkylation sites (tertiary alicyclic amines) is 1. The van der Waals surface area contributed by atoms with E-state index in [0.717, 1.165) is 42.0 Å². The zero-order valence-corrected chi connectivity index (χ0v) is 16.9. The van der Waals surface area contributed by atoms with Crippen molar-refractivity contribution in [2.24, 2.45) is 0 Å². The van der Waals surface area contributed by atoms with E-state index in [0.29, 0.717) is 32.1 Å². The minimum atomic E-state index is -0.00790. The van der Waals surface area contributed by atoms with Crippen LogP contribution in [0.1, 0.15) is 51.9 Å². The van der Waals surface area contributed by atoms with Crippen LogP contribution in [0.25, 0.3) is 0 Å². The Kier molecular flexibility index (Phi) is 7.06. The Bertz CT molecular complexity index is 812. The van der Waals surface area contributed by atoms with Gasteiger partial charge in [-0.05, 0) is 38.3 Å². The van der Waals surface area contributed by atoms with Crippen molar-refractivity contribution in [3.05, 3.63) is 52.9 Å². The summed E-state index contributed by atoms with van der Waals surface area (Å²) in [7, 11) is 1.65. The van der Waals surface area contributed by atoms with Gasteiger partial charge in [0.05, 0.1) is 25.5 Å². The van der Waals surface area contributed by atoms with Crippen molar-refractivity contribution in [3.63, 3.8) is 0 Å². The summed E-state index contributed by atoms with van der Waals surface area (Å²) in [6.07, 6.45) is 5.45. The van der Waals surface area contributed by atoms with Gasteiger partial charge in [-0.2, -0.15) is 0 Å².